The number of carbonyl (C=O) groups is 3. The molecule has 1 N–H and O–H groups in total. The molecule has 1 aliphatic carbocycles. The summed E-state index contributed by atoms with van der Waals surface area (Å²) in [5.41, 5.74) is 0.341. The van der Waals surface area contributed by atoms with Crippen LogP contribution in [0, 0.1) is 5.82 Å². The molecule has 1 aliphatic rings. The van der Waals surface area contributed by atoms with Gasteiger partial charge in [0.2, 0.25) is 0 Å². The van der Waals surface area contributed by atoms with Gasteiger partial charge < -0.3 is 10.1 Å². The summed E-state index contributed by atoms with van der Waals surface area (Å²) < 4.78 is 17.7. The molecule has 22 heavy (non-hydrogen) atoms. The minimum atomic E-state index is -0.867. The fourth-order valence-corrected chi connectivity index (χ4v) is 1.85. The zero-order valence-electron chi connectivity index (χ0n) is 12.3. The molecule has 2 rings (SSSR count). The molecule has 0 saturated heterocycles. The molecule has 1 aromatic rings. The Morgan fingerprint density at radius 2 is 1.86 bits per heavy atom. The fourth-order valence-electron chi connectivity index (χ4n) is 1.85. The molecule has 1 fully saturated rings. The van der Waals surface area contributed by atoms with E-state index in [0.717, 1.165) is 12.8 Å². The van der Waals surface area contributed by atoms with Gasteiger partial charge in [-0.3, -0.25) is 14.4 Å². The van der Waals surface area contributed by atoms with Gasteiger partial charge in [-0.05, 0) is 44.0 Å². The lowest BCUT2D eigenvalue weighted by atomic mass is 10.1. The van der Waals surface area contributed by atoms with Crippen molar-refractivity contribution in [1.29, 1.82) is 0 Å². The smallest absolute Gasteiger partial charge is 0.307 e. The number of nitrogens with one attached hydrogen (secondary N) is 1. The third-order valence-corrected chi connectivity index (χ3v) is 3.32. The van der Waals surface area contributed by atoms with Crippen LogP contribution in [0.5, 0.6) is 0 Å². The van der Waals surface area contributed by atoms with Crippen LogP contribution >= 0.6 is 0 Å². The molecule has 6 heteroatoms. The van der Waals surface area contributed by atoms with Crippen molar-refractivity contribution < 1.29 is 23.5 Å². The van der Waals surface area contributed by atoms with Gasteiger partial charge in [0, 0.05) is 18.0 Å². The molecule has 0 bridgehead atoms. The van der Waals surface area contributed by atoms with Crippen molar-refractivity contribution in [2.45, 2.75) is 44.8 Å². The van der Waals surface area contributed by atoms with E-state index in [9.17, 15) is 18.8 Å². The normalized spacial score (nSPS) is 15.0. The van der Waals surface area contributed by atoms with Gasteiger partial charge in [-0.2, -0.15) is 0 Å². The molecule has 1 aromatic carbocycles. The van der Waals surface area contributed by atoms with Crippen LogP contribution in [0.3, 0.4) is 0 Å². The molecule has 118 valence electrons. The van der Waals surface area contributed by atoms with Crippen molar-refractivity contribution in [3.05, 3.63) is 35.6 Å². The average molecular weight is 307 g/mol. The van der Waals surface area contributed by atoms with Gasteiger partial charge in [0.05, 0.1) is 6.42 Å². The van der Waals surface area contributed by atoms with Gasteiger partial charge in [0.1, 0.15) is 5.82 Å². The maximum atomic E-state index is 12.8. The van der Waals surface area contributed by atoms with Crippen LogP contribution in [-0.4, -0.2) is 29.8 Å². The second-order valence-electron chi connectivity index (χ2n) is 5.35. The molecule has 0 spiro atoms. The molecule has 5 nitrogen and oxygen atoms in total. The number of halogens is 1. The summed E-state index contributed by atoms with van der Waals surface area (Å²) in [6.45, 7) is 1.50. The minimum Gasteiger partial charge on any atom is -0.453 e. The molecule has 0 radical (unpaired) electrons. The molecule has 0 aliphatic heterocycles. The first-order chi connectivity index (χ1) is 10.5. The van der Waals surface area contributed by atoms with Crippen molar-refractivity contribution in [3.8, 4) is 0 Å². The number of ketones is 1. The second-order valence-corrected chi connectivity index (χ2v) is 5.35. The molecule has 0 unspecified atom stereocenters. The van der Waals surface area contributed by atoms with E-state index in [1.807, 2.05) is 0 Å². The maximum Gasteiger partial charge on any atom is 0.307 e. The van der Waals surface area contributed by atoms with Gasteiger partial charge in [-0.1, -0.05) is 0 Å². The third-order valence-electron chi connectivity index (χ3n) is 3.32. The molecule has 0 aromatic heterocycles. The topological polar surface area (TPSA) is 72.5 Å². The first kappa shape index (κ1) is 16.1. The van der Waals surface area contributed by atoms with E-state index >= 15 is 0 Å². The monoisotopic (exact) mass is 307 g/mol. The first-order valence-corrected chi connectivity index (χ1v) is 7.24. The number of hydrogen-bond donors (Lipinski definition) is 1. The van der Waals surface area contributed by atoms with Crippen molar-refractivity contribution in [1.82, 2.24) is 5.32 Å². The summed E-state index contributed by atoms with van der Waals surface area (Å²) in [7, 11) is 0. The third kappa shape index (κ3) is 4.95. The highest BCUT2D eigenvalue weighted by molar-refractivity contribution is 5.97. The van der Waals surface area contributed by atoms with E-state index < -0.39 is 17.9 Å². The Labute approximate surface area is 127 Å². The van der Waals surface area contributed by atoms with Gasteiger partial charge in [-0.25, -0.2) is 4.39 Å². The Morgan fingerprint density at radius 1 is 1.23 bits per heavy atom. The van der Waals surface area contributed by atoms with Crippen LogP contribution in [0.25, 0.3) is 0 Å². The zero-order valence-corrected chi connectivity index (χ0v) is 12.3. The summed E-state index contributed by atoms with van der Waals surface area (Å²) in [6.07, 6.45) is 0.893. The van der Waals surface area contributed by atoms with Crippen molar-refractivity contribution >= 4 is 17.7 Å². The summed E-state index contributed by atoms with van der Waals surface area (Å²) in [4.78, 5) is 35.1. The predicted octanol–water partition coefficient (Wildman–Crippen LogP) is 2.00. The summed E-state index contributed by atoms with van der Waals surface area (Å²) in [5, 5.41) is 2.74. The van der Waals surface area contributed by atoms with Gasteiger partial charge >= 0.3 is 5.97 Å². The van der Waals surface area contributed by atoms with E-state index in [1.165, 1.54) is 31.2 Å². The van der Waals surface area contributed by atoms with Crippen LogP contribution in [0.2, 0.25) is 0 Å². The molecular formula is C16H18FNO4. The summed E-state index contributed by atoms with van der Waals surface area (Å²) >= 11 is 0. The van der Waals surface area contributed by atoms with Crippen LogP contribution in [0.4, 0.5) is 4.39 Å². The lowest BCUT2D eigenvalue weighted by molar-refractivity contribution is -0.154. The number of esters is 1. The number of amides is 1. The van der Waals surface area contributed by atoms with Crippen LogP contribution < -0.4 is 5.32 Å². The highest BCUT2D eigenvalue weighted by Crippen LogP contribution is 2.18. The predicted molar refractivity (Wildman–Crippen MR) is 76.7 cm³/mol. The number of ether oxygens (including phenoxy) is 1. The van der Waals surface area contributed by atoms with Gasteiger partial charge in [-0.15, -0.1) is 0 Å². The minimum absolute atomic E-state index is 0.0402. The number of rotatable bonds is 7. The average Bonchev–Trinajstić information content (AvgIpc) is 3.29. The first-order valence-electron chi connectivity index (χ1n) is 7.24. The quantitative estimate of drug-likeness (QED) is 0.618. The Bertz CT molecular complexity index is 566. The Kier molecular flexibility index (Phi) is 5.25. The van der Waals surface area contributed by atoms with Crippen LogP contribution in [-0.2, 0) is 14.3 Å². The highest BCUT2D eigenvalue weighted by Gasteiger charge is 2.27. The van der Waals surface area contributed by atoms with Gasteiger partial charge in [0.15, 0.2) is 11.9 Å². The Balaban J connectivity index is 1.73. The van der Waals surface area contributed by atoms with Crippen LogP contribution in [0.15, 0.2) is 24.3 Å². The van der Waals surface area contributed by atoms with Crippen molar-refractivity contribution in [2.75, 3.05) is 0 Å². The molecule has 1 atom stereocenters. The van der Waals surface area contributed by atoms with E-state index in [4.69, 9.17) is 4.74 Å². The number of benzene rings is 1. The Hall–Kier alpha value is -2.24. The van der Waals surface area contributed by atoms with E-state index in [2.05, 4.69) is 5.32 Å². The summed E-state index contributed by atoms with van der Waals surface area (Å²) in [5.74, 6) is -1.62. The number of carbonyl (C=O) groups excluding carboxylic acids is 3. The van der Waals surface area contributed by atoms with E-state index in [-0.39, 0.29) is 30.6 Å². The fraction of sp³-hybridized carbons (Fsp3) is 0.438. The lowest BCUT2D eigenvalue weighted by Crippen LogP contribution is -2.37. The Morgan fingerprint density at radius 3 is 2.45 bits per heavy atom. The van der Waals surface area contributed by atoms with Crippen LogP contribution in [0.1, 0.15) is 43.0 Å². The van der Waals surface area contributed by atoms with E-state index in [0.29, 0.717) is 5.56 Å². The number of hydrogen-bond acceptors (Lipinski definition) is 4. The maximum absolute atomic E-state index is 12.8. The highest BCUT2D eigenvalue weighted by atomic mass is 19.1. The molecular weight excluding hydrogens is 289 g/mol. The molecule has 1 saturated carbocycles. The standard InChI is InChI=1S/C16H18FNO4/c1-10(16(21)18-13-6-7-13)22-15(20)9-8-14(19)11-2-4-12(17)5-3-11/h2-5,10,13H,6-9H2,1H3,(H,18,21)/t10-/m0/s1. The lowest BCUT2D eigenvalue weighted by Gasteiger charge is -2.12. The zero-order chi connectivity index (χ0) is 16.1. The van der Waals surface area contributed by atoms with E-state index in [1.54, 1.807) is 0 Å². The second kappa shape index (κ2) is 7.15. The number of Topliss-reactive ketones (excluding diaryl/α,β-unsaturated/α-hetero) is 1. The van der Waals surface area contributed by atoms with Crippen molar-refractivity contribution in [3.63, 3.8) is 0 Å². The molecule has 1 amide bonds. The SMILES string of the molecule is C[C@H](OC(=O)CCC(=O)c1ccc(F)cc1)C(=O)NC1CC1. The largest absolute Gasteiger partial charge is 0.453 e. The van der Waals surface area contributed by atoms with Gasteiger partial charge in [0.25, 0.3) is 5.91 Å². The van der Waals surface area contributed by atoms with Crippen molar-refractivity contribution in [2.24, 2.45) is 0 Å². The molecule has 0 heterocycles. The summed E-state index contributed by atoms with van der Waals surface area (Å²) in [6, 6.07) is 5.32.